The van der Waals surface area contributed by atoms with Gasteiger partial charge in [0.25, 0.3) is 0 Å². The molecule has 1 aliphatic heterocycles. The van der Waals surface area contributed by atoms with Crippen molar-refractivity contribution in [3.8, 4) is 0 Å². The number of carbonyl (C=O) groups excluding carboxylic acids is 1. The number of amides is 1. The molecular formula is C26H27N3O3S. The molecular weight excluding hydrogens is 434 g/mol. The minimum absolute atomic E-state index is 0.132. The molecule has 1 fully saturated rings. The Hall–Kier alpha value is -3.26. The quantitative estimate of drug-likeness (QED) is 0.578. The molecule has 1 amide bonds. The van der Waals surface area contributed by atoms with Gasteiger partial charge in [0.1, 0.15) is 6.04 Å². The summed E-state index contributed by atoms with van der Waals surface area (Å²) in [6.45, 7) is 1.56. The minimum Gasteiger partial charge on any atom is -0.324 e. The Morgan fingerprint density at radius 2 is 1.33 bits per heavy atom. The van der Waals surface area contributed by atoms with E-state index in [2.05, 4.69) is 5.32 Å². The highest BCUT2D eigenvalue weighted by atomic mass is 32.2. The standard InChI is InChI=1S/C26H27N3O3S/c30-26(27-24-14-8-3-9-15-24)25(23-12-6-2-7-13-23)28-17-19-29(20-18-28)33(31,32)21-16-22-10-4-1-5-11-22/h1-16,21,25H,17-20H2,(H,27,30)/b21-16+. The summed E-state index contributed by atoms with van der Waals surface area (Å²) >= 11 is 0. The number of piperazine rings is 1. The van der Waals surface area contributed by atoms with Gasteiger partial charge in [0.05, 0.1) is 0 Å². The molecule has 0 radical (unpaired) electrons. The minimum atomic E-state index is -3.54. The van der Waals surface area contributed by atoms with E-state index in [1.165, 1.54) is 9.71 Å². The van der Waals surface area contributed by atoms with Gasteiger partial charge in [-0.25, -0.2) is 8.42 Å². The van der Waals surface area contributed by atoms with Crippen LogP contribution in [0.5, 0.6) is 0 Å². The highest BCUT2D eigenvalue weighted by molar-refractivity contribution is 7.92. The van der Waals surface area contributed by atoms with E-state index in [-0.39, 0.29) is 5.91 Å². The van der Waals surface area contributed by atoms with Gasteiger partial charge >= 0.3 is 0 Å². The van der Waals surface area contributed by atoms with Crippen LogP contribution < -0.4 is 5.32 Å². The average Bonchev–Trinajstić information content (AvgIpc) is 2.85. The SMILES string of the molecule is O=C(Nc1ccccc1)C(c1ccccc1)N1CCN(S(=O)(=O)/C=C/c2ccccc2)CC1. The molecule has 33 heavy (non-hydrogen) atoms. The van der Waals surface area contributed by atoms with E-state index < -0.39 is 16.1 Å². The molecule has 0 saturated carbocycles. The molecule has 4 rings (SSSR count). The normalized spacial score (nSPS) is 16.5. The van der Waals surface area contributed by atoms with Crippen molar-refractivity contribution in [3.63, 3.8) is 0 Å². The van der Waals surface area contributed by atoms with Crippen LogP contribution in [0.3, 0.4) is 0 Å². The molecule has 0 aliphatic carbocycles. The Kier molecular flexibility index (Phi) is 7.34. The highest BCUT2D eigenvalue weighted by Gasteiger charge is 2.33. The molecule has 1 saturated heterocycles. The maximum atomic E-state index is 13.3. The van der Waals surface area contributed by atoms with Gasteiger partial charge in [0, 0.05) is 37.3 Å². The largest absolute Gasteiger partial charge is 0.324 e. The van der Waals surface area contributed by atoms with E-state index in [4.69, 9.17) is 0 Å². The Bertz CT molecular complexity index is 1180. The van der Waals surface area contributed by atoms with Crippen LogP contribution in [0.1, 0.15) is 17.2 Å². The summed E-state index contributed by atoms with van der Waals surface area (Å²) in [7, 11) is -3.54. The third-order valence-electron chi connectivity index (χ3n) is 5.64. The lowest BCUT2D eigenvalue weighted by Crippen LogP contribution is -2.51. The number of hydrogen-bond acceptors (Lipinski definition) is 4. The van der Waals surface area contributed by atoms with Crippen molar-refractivity contribution < 1.29 is 13.2 Å². The fourth-order valence-corrected chi connectivity index (χ4v) is 5.10. The molecule has 3 aromatic rings. The number of nitrogens with zero attached hydrogens (tertiary/aromatic N) is 2. The van der Waals surface area contributed by atoms with Gasteiger partial charge in [-0.15, -0.1) is 0 Å². The summed E-state index contributed by atoms with van der Waals surface area (Å²) in [5.74, 6) is -0.132. The van der Waals surface area contributed by atoms with E-state index in [0.29, 0.717) is 26.2 Å². The third kappa shape index (κ3) is 5.96. The van der Waals surface area contributed by atoms with Crippen LogP contribution in [0.25, 0.3) is 6.08 Å². The van der Waals surface area contributed by atoms with Crippen molar-refractivity contribution in [2.45, 2.75) is 6.04 Å². The third-order valence-corrected chi connectivity index (χ3v) is 7.20. The van der Waals surface area contributed by atoms with Gasteiger partial charge in [0.15, 0.2) is 0 Å². The molecule has 1 aliphatic rings. The Morgan fingerprint density at radius 1 is 0.788 bits per heavy atom. The number of para-hydroxylation sites is 1. The van der Waals surface area contributed by atoms with Crippen LogP contribution in [-0.2, 0) is 14.8 Å². The van der Waals surface area contributed by atoms with E-state index >= 15 is 0 Å². The van der Waals surface area contributed by atoms with E-state index in [1.807, 2.05) is 95.9 Å². The lowest BCUT2D eigenvalue weighted by Gasteiger charge is -2.37. The average molecular weight is 462 g/mol. The molecule has 170 valence electrons. The van der Waals surface area contributed by atoms with Crippen LogP contribution in [0.4, 0.5) is 5.69 Å². The Morgan fingerprint density at radius 3 is 1.94 bits per heavy atom. The molecule has 1 N–H and O–H groups in total. The zero-order chi connectivity index (χ0) is 23.1. The molecule has 0 spiro atoms. The number of carbonyl (C=O) groups is 1. The number of benzene rings is 3. The predicted molar refractivity (Wildman–Crippen MR) is 132 cm³/mol. The Balaban J connectivity index is 1.47. The summed E-state index contributed by atoms with van der Waals surface area (Å²) in [5.41, 5.74) is 2.45. The zero-order valence-electron chi connectivity index (χ0n) is 18.2. The maximum absolute atomic E-state index is 13.3. The summed E-state index contributed by atoms with van der Waals surface area (Å²) < 4.78 is 27.1. The molecule has 0 bridgehead atoms. The number of sulfonamides is 1. The summed E-state index contributed by atoms with van der Waals surface area (Å²) in [4.78, 5) is 15.3. The first-order valence-electron chi connectivity index (χ1n) is 10.9. The van der Waals surface area contributed by atoms with Crippen molar-refractivity contribution >= 4 is 27.7 Å². The van der Waals surface area contributed by atoms with Crippen LogP contribution in [-0.4, -0.2) is 49.7 Å². The molecule has 1 heterocycles. The summed E-state index contributed by atoms with van der Waals surface area (Å²) in [5, 5.41) is 4.25. The fourth-order valence-electron chi connectivity index (χ4n) is 3.93. The van der Waals surface area contributed by atoms with E-state index in [1.54, 1.807) is 6.08 Å². The van der Waals surface area contributed by atoms with Crippen molar-refractivity contribution in [3.05, 3.63) is 108 Å². The number of rotatable bonds is 7. The van der Waals surface area contributed by atoms with Gasteiger partial charge in [0.2, 0.25) is 15.9 Å². The Labute approximate surface area is 195 Å². The van der Waals surface area contributed by atoms with E-state index in [9.17, 15) is 13.2 Å². The molecule has 0 aromatic heterocycles. The first-order valence-corrected chi connectivity index (χ1v) is 12.4. The fraction of sp³-hybridized carbons (Fsp3) is 0.192. The monoisotopic (exact) mass is 461 g/mol. The lowest BCUT2D eigenvalue weighted by molar-refractivity contribution is -0.122. The van der Waals surface area contributed by atoms with Crippen molar-refractivity contribution in [2.24, 2.45) is 0 Å². The summed E-state index contributed by atoms with van der Waals surface area (Å²) in [6, 6.07) is 27.8. The van der Waals surface area contributed by atoms with Gasteiger partial charge < -0.3 is 5.32 Å². The van der Waals surface area contributed by atoms with Crippen molar-refractivity contribution in [1.29, 1.82) is 0 Å². The number of anilines is 1. The molecule has 6 nitrogen and oxygen atoms in total. The van der Waals surface area contributed by atoms with Gasteiger partial charge in [-0.1, -0.05) is 78.9 Å². The zero-order valence-corrected chi connectivity index (χ0v) is 19.1. The smallest absolute Gasteiger partial charge is 0.246 e. The number of hydrogen-bond donors (Lipinski definition) is 1. The lowest BCUT2D eigenvalue weighted by atomic mass is 10.0. The molecule has 3 aromatic carbocycles. The predicted octanol–water partition coefficient (Wildman–Crippen LogP) is 3.98. The summed E-state index contributed by atoms with van der Waals surface area (Å²) in [6.07, 6.45) is 1.61. The first-order chi connectivity index (χ1) is 16.0. The topological polar surface area (TPSA) is 69.7 Å². The van der Waals surface area contributed by atoms with Crippen molar-refractivity contribution in [1.82, 2.24) is 9.21 Å². The number of nitrogens with one attached hydrogen (secondary N) is 1. The molecule has 7 heteroatoms. The van der Waals surface area contributed by atoms with Gasteiger partial charge in [-0.2, -0.15) is 4.31 Å². The second kappa shape index (κ2) is 10.6. The molecule has 1 atom stereocenters. The van der Waals surface area contributed by atoms with Crippen LogP contribution in [0.2, 0.25) is 0 Å². The highest BCUT2D eigenvalue weighted by Crippen LogP contribution is 2.25. The van der Waals surface area contributed by atoms with Crippen LogP contribution in [0, 0.1) is 0 Å². The van der Waals surface area contributed by atoms with Gasteiger partial charge in [-0.3, -0.25) is 9.69 Å². The van der Waals surface area contributed by atoms with Crippen LogP contribution >= 0.6 is 0 Å². The molecule has 1 unspecified atom stereocenters. The maximum Gasteiger partial charge on any atom is 0.246 e. The van der Waals surface area contributed by atoms with Crippen molar-refractivity contribution in [2.75, 3.05) is 31.5 Å². The second-order valence-corrected chi connectivity index (χ2v) is 9.68. The second-order valence-electron chi connectivity index (χ2n) is 7.86. The van der Waals surface area contributed by atoms with Gasteiger partial charge in [-0.05, 0) is 29.3 Å². The first kappa shape index (κ1) is 22.9. The van der Waals surface area contributed by atoms with Crippen LogP contribution in [0.15, 0.2) is 96.4 Å². The van der Waals surface area contributed by atoms with E-state index in [0.717, 1.165) is 16.8 Å².